The number of aryl methyl sites for hydroxylation is 2. The minimum absolute atomic E-state index is 0.107. The first-order chi connectivity index (χ1) is 13.4. The fraction of sp³-hybridized carbons (Fsp3) is 0.368. The quantitative estimate of drug-likeness (QED) is 0.301. The van der Waals surface area contributed by atoms with Gasteiger partial charge in [0.2, 0.25) is 0 Å². The van der Waals surface area contributed by atoms with E-state index in [4.69, 9.17) is 16.4 Å². The number of non-ortho nitro benzene ring substituents is 1. The van der Waals surface area contributed by atoms with Crippen LogP contribution in [-0.4, -0.2) is 27.5 Å². The van der Waals surface area contributed by atoms with E-state index in [0.29, 0.717) is 16.1 Å². The van der Waals surface area contributed by atoms with Gasteiger partial charge in [-0.05, 0) is 54.7 Å². The van der Waals surface area contributed by atoms with Gasteiger partial charge in [0.25, 0.3) is 14.7 Å². The number of anilines is 1. The number of hydrogen-bond donors (Lipinski definition) is 1. The zero-order chi connectivity index (χ0) is 23.5. The summed E-state index contributed by atoms with van der Waals surface area (Å²) in [7, 11) is -1.95. The second kappa shape index (κ2) is 9.32. The van der Waals surface area contributed by atoms with Gasteiger partial charge >= 0.3 is 0 Å². The molecule has 0 radical (unpaired) electrons. The van der Waals surface area contributed by atoms with Crippen LogP contribution < -0.4 is 5.73 Å². The van der Waals surface area contributed by atoms with Crippen molar-refractivity contribution in [3.8, 4) is 0 Å². The van der Waals surface area contributed by atoms with Crippen LogP contribution >= 0.6 is 10.7 Å². The predicted molar refractivity (Wildman–Crippen MR) is 118 cm³/mol. The topological polar surface area (TPSA) is 137 Å². The van der Waals surface area contributed by atoms with Crippen molar-refractivity contribution in [3.63, 3.8) is 0 Å². The van der Waals surface area contributed by atoms with Gasteiger partial charge in [-0.25, -0.2) is 16.8 Å². The summed E-state index contributed by atoms with van der Waals surface area (Å²) in [6.07, 6.45) is 0. The second-order valence-electron chi connectivity index (χ2n) is 7.99. The second-order valence-corrected chi connectivity index (χ2v) is 12.5. The van der Waals surface area contributed by atoms with Crippen molar-refractivity contribution in [2.24, 2.45) is 5.41 Å². The minimum atomic E-state index is -3.83. The Balaban J connectivity index is 0.000000303. The molecule has 166 valence electrons. The van der Waals surface area contributed by atoms with E-state index in [9.17, 15) is 26.9 Å². The summed E-state index contributed by atoms with van der Waals surface area (Å²) in [5, 5.41) is 10.3. The SMILES string of the molecule is Cc1cc(N)ccc1S(=O)(=O)CC(C)(C)C.Cc1cc([N+](=O)[O-])ccc1S(=O)(=O)Cl. The summed E-state index contributed by atoms with van der Waals surface area (Å²) in [5.41, 5.74) is 6.76. The summed E-state index contributed by atoms with van der Waals surface area (Å²) in [4.78, 5) is 10.0. The van der Waals surface area contributed by atoms with Crippen LogP contribution in [0, 0.1) is 29.4 Å². The monoisotopic (exact) mass is 476 g/mol. The molecule has 0 bridgehead atoms. The van der Waals surface area contributed by atoms with Crippen LogP contribution in [0.3, 0.4) is 0 Å². The summed E-state index contributed by atoms with van der Waals surface area (Å²) in [6, 6.07) is 8.29. The molecule has 0 fully saturated rings. The molecule has 0 aliphatic carbocycles. The van der Waals surface area contributed by atoms with Crippen molar-refractivity contribution in [2.75, 3.05) is 11.5 Å². The number of nitrogen functional groups attached to an aromatic ring is 1. The molecule has 0 heterocycles. The smallest absolute Gasteiger partial charge is 0.269 e. The van der Waals surface area contributed by atoms with E-state index in [2.05, 4.69) is 0 Å². The standard InChI is InChI=1S/C12H19NO2S.C7H6ClNO4S/c1-9-7-10(13)5-6-11(9)16(14,15)8-12(2,3)4;1-5-4-6(9(10)11)2-3-7(5)14(8,12)13/h5-7H,8,13H2,1-4H3;2-4H,1H3. The number of nitro groups is 1. The molecule has 0 aliphatic heterocycles. The average molecular weight is 477 g/mol. The summed E-state index contributed by atoms with van der Waals surface area (Å²) < 4.78 is 46.1. The van der Waals surface area contributed by atoms with Gasteiger partial charge in [-0.2, -0.15) is 0 Å². The summed E-state index contributed by atoms with van der Waals surface area (Å²) in [5.74, 6) is 0.144. The maximum absolute atomic E-state index is 12.1. The summed E-state index contributed by atoms with van der Waals surface area (Å²) in [6.45, 7) is 8.96. The highest BCUT2D eigenvalue weighted by molar-refractivity contribution is 8.13. The molecule has 0 aliphatic rings. The molecular weight excluding hydrogens is 452 g/mol. The first-order valence-electron chi connectivity index (χ1n) is 8.72. The van der Waals surface area contributed by atoms with Gasteiger partial charge < -0.3 is 5.73 Å². The van der Waals surface area contributed by atoms with Crippen molar-refractivity contribution in [1.82, 2.24) is 0 Å². The van der Waals surface area contributed by atoms with Gasteiger partial charge in [0, 0.05) is 28.5 Å². The Bertz CT molecular complexity index is 1150. The average Bonchev–Trinajstić information content (AvgIpc) is 2.51. The zero-order valence-corrected chi connectivity index (χ0v) is 19.7. The van der Waals surface area contributed by atoms with Gasteiger partial charge in [-0.1, -0.05) is 20.8 Å². The third-order valence-electron chi connectivity index (χ3n) is 3.79. The molecular formula is C19H25ClN2O6S2. The van der Waals surface area contributed by atoms with E-state index in [-0.39, 0.29) is 27.3 Å². The van der Waals surface area contributed by atoms with Gasteiger partial charge in [-0.15, -0.1) is 0 Å². The molecule has 0 saturated carbocycles. The van der Waals surface area contributed by atoms with Gasteiger partial charge in [0.15, 0.2) is 9.84 Å². The first kappa shape index (κ1) is 25.9. The highest BCUT2D eigenvalue weighted by atomic mass is 35.7. The number of sulfone groups is 1. The predicted octanol–water partition coefficient (Wildman–Crippen LogP) is 4.23. The molecule has 2 rings (SSSR count). The Kier molecular flexibility index (Phi) is 8.03. The number of hydrogen-bond acceptors (Lipinski definition) is 7. The van der Waals surface area contributed by atoms with Crippen molar-refractivity contribution in [1.29, 1.82) is 0 Å². The highest BCUT2D eigenvalue weighted by Crippen LogP contribution is 2.25. The van der Waals surface area contributed by atoms with Crippen LogP contribution in [0.2, 0.25) is 0 Å². The number of nitrogens with two attached hydrogens (primary N) is 1. The van der Waals surface area contributed by atoms with Crippen molar-refractivity contribution in [3.05, 3.63) is 57.6 Å². The van der Waals surface area contributed by atoms with Crippen LogP contribution in [0.5, 0.6) is 0 Å². The van der Waals surface area contributed by atoms with E-state index in [0.717, 1.165) is 18.2 Å². The van der Waals surface area contributed by atoms with E-state index in [1.54, 1.807) is 25.1 Å². The Morgan fingerprint density at radius 1 is 0.967 bits per heavy atom. The lowest BCUT2D eigenvalue weighted by molar-refractivity contribution is -0.385. The summed E-state index contributed by atoms with van der Waals surface area (Å²) >= 11 is 0. The van der Waals surface area contributed by atoms with Gasteiger partial charge in [0.1, 0.15) is 0 Å². The molecule has 11 heteroatoms. The third-order valence-corrected chi connectivity index (χ3v) is 7.65. The van der Waals surface area contributed by atoms with E-state index >= 15 is 0 Å². The highest BCUT2D eigenvalue weighted by Gasteiger charge is 2.24. The van der Waals surface area contributed by atoms with Crippen LogP contribution in [-0.2, 0) is 18.9 Å². The van der Waals surface area contributed by atoms with Crippen LogP contribution in [0.4, 0.5) is 11.4 Å². The minimum Gasteiger partial charge on any atom is -0.399 e. The molecule has 0 aromatic heterocycles. The Morgan fingerprint density at radius 3 is 1.87 bits per heavy atom. The molecule has 8 nitrogen and oxygen atoms in total. The van der Waals surface area contributed by atoms with Gasteiger partial charge in [0.05, 0.1) is 20.5 Å². The first-order valence-corrected chi connectivity index (χ1v) is 12.7. The maximum atomic E-state index is 12.1. The van der Waals surface area contributed by atoms with Crippen LogP contribution in [0.25, 0.3) is 0 Å². The van der Waals surface area contributed by atoms with Gasteiger partial charge in [-0.3, -0.25) is 10.1 Å². The number of nitrogens with zero attached hydrogens (tertiary/aromatic N) is 1. The Hall–Kier alpha value is -2.17. The Labute approximate surface area is 181 Å². The van der Waals surface area contributed by atoms with Crippen molar-refractivity contribution in [2.45, 2.75) is 44.4 Å². The lowest BCUT2D eigenvalue weighted by atomic mass is 10.0. The largest absolute Gasteiger partial charge is 0.399 e. The lowest BCUT2D eigenvalue weighted by Gasteiger charge is -2.19. The van der Waals surface area contributed by atoms with Crippen molar-refractivity contribution >= 4 is 40.9 Å². The molecule has 0 spiro atoms. The number of nitro benzene ring substituents is 1. The fourth-order valence-corrected chi connectivity index (χ4v) is 6.00. The third kappa shape index (κ3) is 7.58. The van der Waals surface area contributed by atoms with E-state index < -0.39 is 23.8 Å². The maximum Gasteiger partial charge on any atom is 0.269 e. The molecule has 0 saturated heterocycles. The number of rotatable bonds is 4. The van der Waals surface area contributed by atoms with E-state index in [1.807, 2.05) is 20.8 Å². The molecule has 30 heavy (non-hydrogen) atoms. The van der Waals surface area contributed by atoms with Crippen molar-refractivity contribution < 1.29 is 21.8 Å². The van der Waals surface area contributed by atoms with Crippen LogP contribution in [0.15, 0.2) is 46.2 Å². The molecule has 0 amide bonds. The molecule has 2 N–H and O–H groups in total. The Morgan fingerprint density at radius 2 is 1.47 bits per heavy atom. The van der Waals surface area contributed by atoms with Crippen LogP contribution in [0.1, 0.15) is 31.9 Å². The lowest BCUT2D eigenvalue weighted by Crippen LogP contribution is -2.21. The molecule has 0 unspecified atom stereocenters. The van der Waals surface area contributed by atoms with E-state index in [1.165, 1.54) is 6.92 Å². The molecule has 2 aromatic rings. The zero-order valence-electron chi connectivity index (χ0n) is 17.3. The normalized spacial score (nSPS) is 12.1. The number of halogens is 1. The fourth-order valence-electron chi connectivity index (χ4n) is 2.69. The molecule has 0 atom stereocenters. The number of benzene rings is 2. The molecule has 2 aromatic carbocycles.